The van der Waals surface area contributed by atoms with Crippen LogP contribution in [0.15, 0.2) is 4.52 Å². The minimum atomic E-state index is -0.304. The number of nitrogens with one attached hydrogen (secondary N) is 1. The summed E-state index contributed by atoms with van der Waals surface area (Å²) in [6.07, 6.45) is -0.304. The van der Waals surface area contributed by atoms with Crippen LogP contribution in [0.25, 0.3) is 11.7 Å². The lowest BCUT2D eigenvalue weighted by molar-refractivity contribution is -0.0941. The maximum absolute atomic E-state index is 5.44. The zero-order valence-corrected chi connectivity index (χ0v) is 8.79. The van der Waals surface area contributed by atoms with E-state index in [-0.39, 0.29) is 17.9 Å². The van der Waals surface area contributed by atoms with Crippen LogP contribution in [0.4, 0.5) is 5.95 Å². The van der Waals surface area contributed by atoms with Crippen LogP contribution in [0.3, 0.4) is 0 Å². The summed E-state index contributed by atoms with van der Waals surface area (Å²) < 4.78 is 15.7. The van der Waals surface area contributed by atoms with E-state index >= 15 is 0 Å². The second kappa shape index (κ2) is 4.11. The number of hydrogen-bond acceptors (Lipinski definition) is 8. The van der Waals surface area contributed by atoms with Crippen molar-refractivity contribution in [2.24, 2.45) is 0 Å². The second-order valence-corrected chi connectivity index (χ2v) is 3.43. The van der Waals surface area contributed by atoms with E-state index in [9.17, 15) is 0 Å². The maximum atomic E-state index is 5.44. The number of hydrogen-bond donors (Lipinski definition) is 2. The Hall–Kier alpha value is -2.00. The van der Waals surface area contributed by atoms with Crippen molar-refractivity contribution < 1.29 is 14.0 Å². The SMILES string of the molecule is Nc1n[nH]c(-c2nc(C3COCCO3)no2)n1. The highest BCUT2D eigenvalue weighted by Crippen LogP contribution is 2.20. The van der Waals surface area contributed by atoms with Gasteiger partial charge in [0.2, 0.25) is 17.6 Å². The van der Waals surface area contributed by atoms with Gasteiger partial charge in [-0.15, -0.1) is 5.10 Å². The molecule has 9 nitrogen and oxygen atoms in total. The molecule has 90 valence electrons. The van der Waals surface area contributed by atoms with E-state index in [1.165, 1.54) is 0 Å². The third-order valence-corrected chi connectivity index (χ3v) is 2.25. The average Bonchev–Trinajstić information content (AvgIpc) is 2.98. The number of aromatic amines is 1. The molecule has 3 heterocycles. The molecule has 9 heteroatoms. The standard InChI is InChI=1S/C8H10N6O3/c9-8-11-6(12-13-8)7-10-5(14-17-7)4-3-15-1-2-16-4/h4H,1-3H2,(H3,9,11,12,13). The minimum absolute atomic E-state index is 0.122. The highest BCUT2D eigenvalue weighted by molar-refractivity contribution is 5.41. The van der Waals surface area contributed by atoms with Crippen LogP contribution in [-0.2, 0) is 9.47 Å². The fraction of sp³-hybridized carbons (Fsp3) is 0.500. The molecule has 0 bridgehead atoms. The van der Waals surface area contributed by atoms with Crippen LogP contribution in [-0.4, -0.2) is 45.1 Å². The molecule has 0 saturated carbocycles. The lowest BCUT2D eigenvalue weighted by atomic mass is 10.3. The first kappa shape index (κ1) is 10.2. The second-order valence-electron chi connectivity index (χ2n) is 3.43. The zero-order chi connectivity index (χ0) is 11.7. The van der Waals surface area contributed by atoms with E-state index in [4.69, 9.17) is 19.7 Å². The largest absolute Gasteiger partial charge is 0.376 e. The van der Waals surface area contributed by atoms with Gasteiger partial charge < -0.3 is 19.7 Å². The fourth-order valence-electron chi connectivity index (χ4n) is 1.47. The summed E-state index contributed by atoms with van der Waals surface area (Å²) in [5.41, 5.74) is 5.38. The van der Waals surface area contributed by atoms with Crippen LogP contribution in [0.5, 0.6) is 0 Å². The van der Waals surface area contributed by atoms with Crippen LogP contribution in [0.2, 0.25) is 0 Å². The molecule has 1 aliphatic rings. The molecule has 1 fully saturated rings. The van der Waals surface area contributed by atoms with Gasteiger partial charge in [0.05, 0.1) is 19.8 Å². The van der Waals surface area contributed by atoms with E-state index in [0.29, 0.717) is 31.5 Å². The van der Waals surface area contributed by atoms with Gasteiger partial charge >= 0.3 is 0 Å². The first-order chi connectivity index (χ1) is 8.33. The van der Waals surface area contributed by atoms with Gasteiger partial charge in [-0.3, -0.25) is 5.10 Å². The molecule has 1 unspecified atom stereocenters. The summed E-state index contributed by atoms with van der Waals surface area (Å²) >= 11 is 0. The van der Waals surface area contributed by atoms with Gasteiger partial charge in [0.25, 0.3) is 5.89 Å². The number of aromatic nitrogens is 5. The van der Waals surface area contributed by atoms with Crippen molar-refractivity contribution in [2.45, 2.75) is 6.10 Å². The third kappa shape index (κ3) is 1.97. The molecular formula is C8H10N6O3. The molecule has 3 N–H and O–H groups in total. The molecule has 0 amide bonds. The molecule has 3 rings (SSSR count). The number of H-pyrrole nitrogens is 1. The Bertz CT molecular complexity index is 503. The summed E-state index contributed by atoms with van der Waals surface area (Å²) in [4.78, 5) is 8.03. The van der Waals surface area contributed by atoms with E-state index in [1.807, 2.05) is 0 Å². The van der Waals surface area contributed by atoms with Crippen molar-refractivity contribution in [1.82, 2.24) is 25.3 Å². The van der Waals surface area contributed by atoms with Crippen molar-refractivity contribution in [2.75, 3.05) is 25.6 Å². The molecule has 17 heavy (non-hydrogen) atoms. The van der Waals surface area contributed by atoms with Gasteiger partial charge in [0.1, 0.15) is 6.10 Å². The zero-order valence-electron chi connectivity index (χ0n) is 8.79. The summed E-state index contributed by atoms with van der Waals surface area (Å²) in [5.74, 6) is 1.10. The summed E-state index contributed by atoms with van der Waals surface area (Å²) in [6.45, 7) is 1.52. The van der Waals surface area contributed by atoms with Gasteiger partial charge in [-0.2, -0.15) is 9.97 Å². The molecule has 0 aliphatic carbocycles. The van der Waals surface area contributed by atoms with Crippen molar-refractivity contribution in [3.8, 4) is 11.7 Å². The Labute approximate surface area is 95.3 Å². The highest BCUT2D eigenvalue weighted by Gasteiger charge is 2.23. The van der Waals surface area contributed by atoms with E-state index in [1.54, 1.807) is 0 Å². The fourth-order valence-corrected chi connectivity index (χ4v) is 1.47. The molecule has 0 radical (unpaired) electrons. The van der Waals surface area contributed by atoms with Crippen LogP contribution >= 0.6 is 0 Å². The maximum Gasteiger partial charge on any atom is 0.295 e. The Morgan fingerprint density at radius 1 is 1.29 bits per heavy atom. The molecule has 0 spiro atoms. The highest BCUT2D eigenvalue weighted by atomic mass is 16.6. The summed E-state index contributed by atoms with van der Waals surface area (Å²) in [7, 11) is 0. The molecule has 2 aromatic heterocycles. The Balaban J connectivity index is 1.82. The smallest absolute Gasteiger partial charge is 0.295 e. The van der Waals surface area contributed by atoms with Crippen LogP contribution in [0.1, 0.15) is 11.9 Å². The monoisotopic (exact) mass is 238 g/mol. The lowest BCUT2D eigenvalue weighted by Gasteiger charge is -2.19. The van der Waals surface area contributed by atoms with Crippen molar-refractivity contribution in [3.63, 3.8) is 0 Å². The molecule has 1 saturated heterocycles. The van der Waals surface area contributed by atoms with Crippen molar-refractivity contribution in [3.05, 3.63) is 5.82 Å². The van der Waals surface area contributed by atoms with E-state index < -0.39 is 0 Å². The number of anilines is 1. The summed E-state index contributed by atoms with van der Waals surface area (Å²) in [6, 6.07) is 0. The normalized spacial score (nSPS) is 20.6. The first-order valence-corrected chi connectivity index (χ1v) is 5.04. The molecule has 2 aromatic rings. The minimum Gasteiger partial charge on any atom is -0.376 e. The van der Waals surface area contributed by atoms with E-state index in [2.05, 4.69) is 25.3 Å². The predicted octanol–water partition coefficient (Wildman–Crippen LogP) is -0.475. The van der Waals surface area contributed by atoms with E-state index in [0.717, 1.165) is 0 Å². The van der Waals surface area contributed by atoms with Crippen LogP contribution in [0, 0.1) is 0 Å². The topological polar surface area (TPSA) is 125 Å². The number of nitrogen functional groups attached to an aromatic ring is 1. The molecule has 1 atom stereocenters. The van der Waals surface area contributed by atoms with Gasteiger partial charge in [-0.1, -0.05) is 5.16 Å². The van der Waals surface area contributed by atoms with Gasteiger partial charge in [0.15, 0.2) is 0 Å². The van der Waals surface area contributed by atoms with Crippen molar-refractivity contribution in [1.29, 1.82) is 0 Å². The van der Waals surface area contributed by atoms with Gasteiger partial charge in [-0.05, 0) is 0 Å². The van der Waals surface area contributed by atoms with Crippen LogP contribution < -0.4 is 5.73 Å². The van der Waals surface area contributed by atoms with Gasteiger partial charge in [-0.25, -0.2) is 0 Å². The predicted molar refractivity (Wildman–Crippen MR) is 53.6 cm³/mol. The van der Waals surface area contributed by atoms with Gasteiger partial charge in [0, 0.05) is 0 Å². The average molecular weight is 238 g/mol. The number of rotatable bonds is 2. The molecule has 0 aromatic carbocycles. The first-order valence-electron chi connectivity index (χ1n) is 5.04. The molecule has 1 aliphatic heterocycles. The lowest BCUT2D eigenvalue weighted by Crippen LogP contribution is -2.22. The Morgan fingerprint density at radius 3 is 2.94 bits per heavy atom. The number of nitrogens with two attached hydrogens (primary N) is 1. The Morgan fingerprint density at radius 2 is 2.24 bits per heavy atom. The Kier molecular flexibility index (Phi) is 2.46. The third-order valence-electron chi connectivity index (χ3n) is 2.25. The number of ether oxygens (including phenoxy) is 2. The number of nitrogens with zero attached hydrogens (tertiary/aromatic N) is 4. The molecular weight excluding hydrogens is 228 g/mol. The quantitative estimate of drug-likeness (QED) is 0.718. The summed E-state index contributed by atoms with van der Waals surface area (Å²) in [5, 5.41) is 10.1. The van der Waals surface area contributed by atoms with Crippen molar-refractivity contribution >= 4 is 5.95 Å².